The van der Waals surface area contributed by atoms with Crippen molar-refractivity contribution in [3.05, 3.63) is 23.8 Å². The van der Waals surface area contributed by atoms with Gasteiger partial charge in [0.2, 0.25) is 0 Å². The van der Waals surface area contributed by atoms with Gasteiger partial charge in [0, 0.05) is 6.42 Å². The summed E-state index contributed by atoms with van der Waals surface area (Å²) in [4.78, 5) is 0. The van der Waals surface area contributed by atoms with Gasteiger partial charge in [0.1, 0.15) is 5.54 Å². The minimum absolute atomic E-state index is 0.0541. The Kier molecular flexibility index (Phi) is 5.16. The number of nitrogens with two attached hydrogens (primary N) is 1. The Morgan fingerprint density at radius 2 is 2.16 bits per heavy atom. The second kappa shape index (κ2) is 6.41. The molecule has 0 aliphatic rings. The number of hydrogen-bond acceptors (Lipinski definition) is 5. The monoisotopic (exact) mass is 264 g/mol. The summed E-state index contributed by atoms with van der Waals surface area (Å²) < 4.78 is 10.9. The summed E-state index contributed by atoms with van der Waals surface area (Å²) in [7, 11) is 1.54. The van der Waals surface area contributed by atoms with Gasteiger partial charge < -0.3 is 20.3 Å². The van der Waals surface area contributed by atoms with Gasteiger partial charge in [-0.1, -0.05) is 6.07 Å². The van der Waals surface area contributed by atoms with E-state index >= 15 is 0 Å². The summed E-state index contributed by atoms with van der Waals surface area (Å²) >= 11 is 0. The summed E-state index contributed by atoms with van der Waals surface area (Å²) in [6.07, 6.45) is 0.192. The third-order valence-electron chi connectivity index (χ3n) is 2.71. The van der Waals surface area contributed by atoms with Gasteiger partial charge in [0.15, 0.2) is 11.5 Å². The fourth-order valence-electron chi connectivity index (χ4n) is 1.81. The van der Waals surface area contributed by atoms with Gasteiger partial charge in [-0.2, -0.15) is 5.26 Å². The van der Waals surface area contributed by atoms with Crippen molar-refractivity contribution in [2.75, 3.05) is 7.11 Å². The molecule has 104 valence electrons. The van der Waals surface area contributed by atoms with Crippen LogP contribution in [-0.2, 0) is 6.61 Å². The van der Waals surface area contributed by atoms with Crippen LogP contribution in [0.2, 0.25) is 0 Å². The topological polar surface area (TPSA) is 88.5 Å². The van der Waals surface area contributed by atoms with Gasteiger partial charge in [-0.05, 0) is 31.5 Å². The lowest BCUT2D eigenvalue weighted by molar-refractivity contribution is 0.183. The fraction of sp³-hybridized carbons (Fsp3) is 0.500. The Morgan fingerprint density at radius 1 is 1.47 bits per heavy atom. The third-order valence-corrected chi connectivity index (χ3v) is 2.71. The van der Waals surface area contributed by atoms with Crippen molar-refractivity contribution in [1.82, 2.24) is 0 Å². The number of nitrogens with zero attached hydrogens (tertiary/aromatic N) is 1. The number of aliphatic hydroxyl groups is 1. The molecule has 0 heterocycles. The molecule has 0 saturated carbocycles. The molecule has 0 fully saturated rings. The van der Waals surface area contributed by atoms with Crippen LogP contribution in [0.15, 0.2) is 18.2 Å². The number of hydrogen-bond donors (Lipinski definition) is 2. The number of benzene rings is 1. The van der Waals surface area contributed by atoms with Crippen LogP contribution in [-0.4, -0.2) is 23.9 Å². The molecule has 5 heteroatoms. The molecule has 0 bridgehead atoms. The third kappa shape index (κ3) is 4.43. The van der Waals surface area contributed by atoms with Crippen LogP contribution < -0.4 is 15.2 Å². The predicted molar refractivity (Wildman–Crippen MR) is 71.8 cm³/mol. The quantitative estimate of drug-likeness (QED) is 0.814. The van der Waals surface area contributed by atoms with E-state index < -0.39 is 5.54 Å². The van der Waals surface area contributed by atoms with E-state index in [0.29, 0.717) is 17.9 Å². The molecule has 19 heavy (non-hydrogen) atoms. The van der Waals surface area contributed by atoms with E-state index in [4.69, 9.17) is 25.6 Å². The molecule has 0 spiro atoms. The first-order valence-corrected chi connectivity index (χ1v) is 6.06. The Morgan fingerprint density at radius 3 is 2.68 bits per heavy atom. The molecular weight excluding hydrogens is 244 g/mol. The molecule has 0 aliphatic carbocycles. The largest absolute Gasteiger partial charge is 0.493 e. The van der Waals surface area contributed by atoms with Gasteiger partial charge >= 0.3 is 0 Å². The highest BCUT2D eigenvalue weighted by molar-refractivity contribution is 5.42. The van der Waals surface area contributed by atoms with E-state index in [1.807, 2.05) is 13.0 Å². The number of ether oxygens (including phenoxy) is 2. The molecule has 2 atom stereocenters. The Hall–Kier alpha value is -1.77. The van der Waals surface area contributed by atoms with E-state index in [-0.39, 0.29) is 12.7 Å². The van der Waals surface area contributed by atoms with Crippen LogP contribution >= 0.6 is 0 Å². The number of aliphatic hydroxyl groups excluding tert-OH is 1. The Labute approximate surface area is 113 Å². The SMILES string of the molecule is COc1cc(CO)ccc1OC(C)CC(C)(N)C#N. The van der Waals surface area contributed by atoms with E-state index in [1.165, 1.54) is 7.11 Å². The van der Waals surface area contributed by atoms with Crippen molar-refractivity contribution in [2.24, 2.45) is 5.73 Å². The Balaban J connectivity index is 2.79. The predicted octanol–water partition coefficient (Wildman–Crippen LogP) is 1.59. The van der Waals surface area contributed by atoms with Gasteiger partial charge in [-0.25, -0.2) is 0 Å². The molecule has 0 radical (unpaired) electrons. The standard InChI is InChI=1S/C14H20N2O3/c1-10(7-14(2,16)9-15)19-12-5-4-11(8-17)6-13(12)18-3/h4-6,10,17H,7-8,16H2,1-3H3. The van der Waals surface area contributed by atoms with Crippen LogP contribution in [0.5, 0.6) is 11.5 Å². The minimum atomic E-state index is -0.919. The first-order chi connectivity index (χ1) is 8.91. The van der Waals surface area contributed by atoms with Crippen LogP contribution in [0.1, 0.15) is 25.8 Å². The molecule has 0 saturated heterocycles. The highest BCUT2D eigenvalue weighted by Gasteiger charge is 2.22. The van der Waals surface area contributed by atoms with Crippen molar-refractivity contribution < 1.29 is 14.6 Å². The summed E-state index contributed by atoms with van der Waals surface area (Å²) in [5, 5.41) is 18.0. The van der Waals surface area contributed by atoms with Crippen molar-refractivity contribution >= 4 is 0 Å². The molecule has 1 rings (SSSR count). The molecule has 0 amide bonds. The van der Waals surface area contributed by atoms with Crippen LogP contribution in [0.4, 0.5) is 0 Å². The highest BCUT2D eigenvalue weighted by Crippen LogP contribution is 2.29. The van der Waals surface area contributed by atoms with Crippen molar-refractivity contribution in [1.29, 1.82) is 5.26 Å². The van der Waals surface area contributed by atoms with Gasteiger partial charge in [-0.15, -0.1) is 0 Å². The number of nitriles is 1. The van der Waals surface area contributed by atoms with Crippen molar-refractivity contribution in [3.63, 3.8) is 0 Å². The molecule has 0 aromatic heterocycles. The highest BCUT2D eigenvalue weighted by atomic mass is 16.5. The average molecular weight is 264 g/mol. The summed E-state index contributed by atoms with van der Waals surface area (Å²) in [6.45, 7) is 3.46. The summed E-state index contributed by atoms with van der Waals surface area (Å²) in [6, 6.07) is 7.25. The maximum absolute atomic E-state index is 9.07. The zero-order chi connectivity index (χ0) is 14.5. The molecule has 1 aromatic carbocycles. The lowest BCUT2D eigenvalue weighted by atomic mass is 9.98. The summed E-state index contributed by atoms with van der Waals surface area (Å²) in [5.41, 5.74) is 5.61. The van der Waals surface area contributed by atoms with E-state index in [9.17, 15) is 0 Å². The molecule has 5 nitrogen and oxygen atoms in total. The van der Waals surface area contributed by atoms with Crippen LogP contribution in [0.25, 0.3) is 0 Å². The number of methoxy groups -OCH3 is 1. The zero-order valence-electron chi connectivity index (χ0n) is 11.5. The average Bonchev–Trinajstić information content (AvgIpc) is 2.38. The molecule has 1 aromatic rings. The van der Waals surface area contributed by atoms with Gasteiger partial charge in [0.25, 0.3) is 0 Å². The normalized spacial score (nSPS) is 15.2. The van der Waals surface area contributed by atoms with Crippen molar-refractivity contribution in [2.45, 2.75) is 38.5 Å². The fourth-order valence-corrected chi connectivity index (χ4v) is 1.81. The molecule has 0 aliphatic heterocycles. The van der Waals surface area contributed by atoms with Gasteiger partial charge in [0.05, 0.1) is 25.9 Å². The maximum Gasteiger partial charge on any atom is 0.161 e. The lowest BCUT2D eigenvalue weighted by Crippen LogP contribution is -2.38. The first-order valence-electron chi connectivity index (χ1n) is 6.06. The first kappa shape index (κ1) is 15.3. The summed E-state index contributed by atoms with van der Waals surface area (Å²) in [5.74, 6) is 1.12. The van der Waals surface area contributed by atoms with Crippen molar-refractivity contribution in [3.8, 4) is 17.6 Å². The minimum Gasteiger partial charge on any atom is -0.493 e. The lowest BCUT2D eigenvalue weighted by Gasteiger charge is -2.22. The Bertz CT molecular complexity index is 466. The van der Waals surface area contributed by atoms with Gasteiger partial charge in [-0.3, -0.25) is 0 Å². The molecule has 3 N–H and O–H groups in total. The van der Waals surface area contributed by atoms with Crippen LogP contribution in [0, 0.1) is 11.3 Å². The van der Waals surface area contributed by atoms with Crippen LogP contribution in [0.3, 0.4) is 0 Å². The second-order valence-electron chi connectivity index (χ2n) is 4.81. The molecular formula is C14H20N2O3. The van der Waals surface area contributed by atoms with E-state index in [1.54, 1.807) is 25.1 Å². The van der Waals surface area contributed by atoms with E-state index in [2.05, 4.69) is 0 Å². The molecule has 2 unspecified atom stereocenters. The zero-order valence-corrected chi connectivity index (χ0v) is 11.5. The smallest absolute Gasteiger partial charge is 0.161 e. The maximum atomic E-state index is 9.07. The second-order valence-corrected chi connectivity index (χ2v) is 4.81. The van der Waals surface area contributed by atoms with E-state index in [0.717, 1.165) is 5.56 Å². The number of rotatable bonds is 6.